The Kier molecular flexibility index (Phi) is 7.02. The van der Waals surface area contributed by atoms with Crippen molar-refractivity contribution in [3.63, 3.8) is 0 Å². The van der Waals surface area contributed by atoms with E-state index in [1.165, 1.54) is 0 Å². The minimum absolute atomic E-state index is 0.629. The first-order valence-corrected chi connectivity index (χ1v) is 8.89. The molecule has 1 unspecified atom stereocenters. The van der Waals surface area contributed by atoms with Gasteiger partial charge in [0, 0.05) is 25.3 Å². The molecule has 0 aliphatic carbocycles. The van der Waals surface area contributed by atoms with Gasteiger partial charge in [-0.15, -0.1) is 0 Å². The largest absolute Gasteiger partial charge is 0.399 e. The number of unbranched alkanes of at least 4 members (excludes halogenated alkanes) is 1. The summed E-state index contributed by atoms with van der Waals surface area (Å²) in [7, 11) is -2.54. The van der Waals surface area contributed by atoms with Gasteiger partial charge in [-0.1, -0.05) is 33.3 Å². The number of hydrogen-bond acceptors (Lipinski definition) is 3. The van der Waals surface area contributed by atoms with Crippen LogP contribution in [0.1, 0.15) is 40.0 Å². The number of hydrogen-bond donors (Lipinski definition) is 1. The summed E-state index contributed by atoms with van der Waals surface area (Å²) in [5.41, 5.74) is 6.47. The molecule has 1 aromatic carbocycles. The maximum Gasteiger partial charge on any atom is 0.139 e. The van der Waals surface area contributed by atoms with E-state index in [9.17, 15) is 4.21 Å². The molecule has 0 bridgehead atoms. The van der Waals surface area contributed by atoms with Crippen molar-refractivity contribution in [2.75, 3.05) is 25.4 Å². The van der Waals surface area contributed by atoms with Crippen molar-refractivity contribution in [1.29, 1.82) is 0 Å². The first-order chi connectivity index (χ1) is 9.58. The molecule has 0 fully saturated rings. The lowest BCUT2D eigenvalue weighted by Gasteiger charge is -2.24. The van der Waals surface area contributed by atoms with E-state index in [1.54, 1.807) is 6.07 Å². The van der Waals surface area contributed by atoms with Gasteiger partial charge in [0.05, 0.1) is 4.90 Å². The number of nitrogens with two attached hydrogens (primary N) is 1. The van der Waals surface area contributed by atoms with Gasteiger partial charge >= 0.3 is 0 Å². The first kappa shape index (κ1) is 17.0. The van der Waals surface area contributed by atoms with Gasteiger partial charge in [-0.05, 0) is 31.0 Å². The van der Waals surface area contributed by atoms with Crippen molar-refractivity contribution in [2.45, 2.75) is 44.9 Å². The predicted molar refractivity (Wildman–Crippen MR) is 87.0 cm³/mol. The van der Waals surface area contributed by atoms with Gasteiger partial charge in [0.1, 0.15) is 9.92 Å². The molecule has 0 aliphatic rings. The van der Waals surface area contributed by atoms with Crippen LogP contribution in [0.4, 0.5) is 5.69 Å². The van der Waals surface area contributed by atoms with Crippen LogP contribution >= 0.6 is 0 Å². The Balaban J connectivity index is 3.26. The van der Waals surface area contributed by atoms with Gasteiger partial charge in [-0.2, -0.15) is 0 Å². The summed E-state index contributed by atoms with van der Waals surface area (Å²) >= 11 is 0. The third-order valence-electron chi connectivity index (χ3n) is 3.12. The summed E-state index contributed by atoms with van der Waals surface area (Å²) in [6.45, 7) is 8.35. The van der Waals surface area contributed by atoms with Gasteiger partial charge in [0.15, 0.2) is 0 Å². The summed E-state index contributed by atoms with van der Waals surface area (Å²) in [6.07, 6.45) is 2.97. The molecule has 0 heterocycles. The van der Waals surface area contributed by atoms with Gasteiger partial charge in [0.25, 0.3) is 0 Å². The molecule has 1 rings (SSSR count). The molecule has 1 atom stereocenters. The second-order valence-corrected chi connectivity index (χ2v) is 7.04. The van der Waals surface area contributed by atoms with Crippen molar-refractivity contribution < 1.29 is 4.21 Å². The molecular formula is C15H27N3OS. The second kappa shape index (κ2) is 8.27. The zero-order chi connectivity index (χ0) is 15.0. The van der Waals surface area contributed by atoms with Crippen molar-refractivity contribution in [1.82, 2.24) is 4.31 Å². The number of benzene rings is 1. The number of nitrogens with zero attached hydrogens (tertiary/aromatic N) is 2. The minimum Gasteiger partial charge on any atom is -0.399 e. The summed E-state index contributed by atoms with van der Waals surface area (Å²) in [4.78, 5) is 0.726. The third kappa shape index (κ3) is 4.21. The molecule has 5 heteroatoms. The van der Waals surface area contributed by atoms with Crippen LogP contribution in [0.15, 0.2) is 33.5 Å². The van der Waals surface area contributed by atoms with Crippen LogP contribution in [0.2, 0.25) is 0 Å². The zero-order valence-electron chi connectivity index (χ0n) is 12.8. The van der Waals surface area contributed by atoms with E-state index >= 15 is 0 Å². The van der Waals surface area contributed by atoms with E-state index < -0.39 is 9.92 Å². The van der Waals surface area contributed by atoms with E-state index in [4.69, 9.17) is 5.73 Å². The van der Waals surface area contributed by atoms with Crippen molar-refractivity contribution in [3.05, 3.63) is 24.3 Å². The lowest BCUT2D eigenvalue weighted by Crippen LogP contribution is -2.31. The number of anilines is 1. The van der Waals surface area contributed by atoms with E-state index in [0.717, 1.165) is 37.2 Å². The Morgan fingerprint density at radius 2 is 2.00 bits per heavy atom. The minimum atomic E-state index is -2.54. The van der Waals surface area contributed by atoms with Crippen LogP contribution in [0.25, 0.3) is 0 Å². The van der Waals surface area contributed by atoms with Crippen LogP contribution in [-0.4, -0.2) is 28.1 Å². The number of nitrogen functional groups attached to an aromatic ring is 1. The Morgan fingerprint density at radius 3 is 2.55 bits per heavy atom. The van der Waals surface area contributed by atoms with Crippen molar-refractivity contribution in [3.8, 4) is 0 Å². The summed E-state index contributed by atoms with van der Waals surface area (Å²) in [6, 6.07) is 7.31. The standard InChI is InChI=1S/C15H27N3OS/c1-4-7-11-17-20(19,18(6-3)12-5-2)15-10-8-9-14(16)13-15/h8-10,13H,4-7,11-12,16H2,1-3H3. The topological polar surface area (TPSA) is 58.7 Å². The predicted octanol–water partition coefficient (Wildman–Crippen LogP) is 3.54. The molecule has 114 valence electrons. The molecular weight excluding hydrogens is 270 g/mol. The highest BCUT2D eigenvalue weighted by Gasteiger charge is 2.20. The van der Waals surface area contributed by atoms with Crippen LogP contribution in [0.3, 0.4) is 0 Å². The highest BCUT2D eigenvalue weighted by Crippen LogP contribution is 2.21. The van der Waals surface area contributed by atoms with Gasteiger partial charge in [-0.3, -0.25) is 0 Å². The van der Waals surface area contributed by atoms with Gasteiger partial charge < -0.3 is 5.73 Å². The second-order valence-electron chi connectivity index (χ2n) is 4.80. The summed E-state index contributed by atoms with van der Waals surface area (Å²) in [5, 5.41) is 0. The average Bonchev–Trinajstić information content (AvgIpc) is 2.44. The highest BCUT2D eigenvalue weighted by molar-refractivity contribution is 7.91. The molecule has 0 spiro atoms. The SMILES string of the molecule is CCCCN=S(=O)(c1cccc(N)c1)N(CC)CCC. The zero-order valence-corrected chi connectivity index (χ0v) is 13.7. The fourth-order valence-corrected chi connectivity index (χ4v) is 4.35. The Bertz CT molecular complexity index is 522. The maximum absolute atomic E-state index is 13.4. The van der Waals surface area contributed by atoms with Crippen LogP contribution in [-0.2, 0) is 9.92 Å². The van der Waals surface area contributed by atoms with Crippen molar-refractivity contribution >= 4 is 15.6 Å². The fraction of sp³-hybridized carbons (Fsp3) is 0.600. The molecule has 0 saturated carbocycles. The molecule has 0 aromatic heterocycles. The van der Waals surface area contributed by atoms with Gasteiger partial charge in [-0.25, -0.2) is 12.9 Å². The smallest absolute Gasteiger partial charge is 0.139 e. The normalized spacial score (nSPS) is 14.2. The average molecular weight is 297 g/mol. The monoisotopic (exact) mass is 297 g/mol. The van der Waals surface area contributed by atoms with Crippen LogP contribution in [0.5, 0.6) is 0 Å². The molecule has 0 amide bonds. The summed E-state index contributed by atoms with van der Waals surface area (Å²) < 4.78 is 20.0. The maximum atomic E-state index is 13.4. The Labute approximate surface area is 123 Å². The molecule has 2 N–H and O–H groups in total. The van der Waals surface area contributed by atoms with Gasteiger partial charge in [0.2, 0.25) is 0 Å². The first-order valence-electron chi connectivity index (χ1n) is 7.42. The highest BCUT2D eigenvalue weighted by atomic mass is 32.2. The molecule has 0 saturated heterocycles. The van der Waals surface area contributed by atoms with Crippen molar-refractivity contribution in [2.24, 2.45) is 4.36 Å². The Morgan fingerprint density at radius 1 is 1.25 bits per heavy atom. The fourth-order valence-electron chi connectivity index (χ4n) is 2.04. The molecule has 1 aromatic rings. The molecule has 0 aliphatic heterocycles. The molecule has 20 heavy (non-hydrogen) atoms. The third-order valence-corrected chi connectivity index (χ3v) is 5.66. The van der Waals surface area contributed by atoms with Crippen LogP contribution in [0, 0.1) is 0 Å². The lowest BCUT2D eigenvalue weighted by atomic mass is 10.3. The number of rotatable bonds is 8. The molecule has 4 nitrogen and oxygen atoms in total. The van der Waals surface area contributed by atoms with E-state index in [2.05, 4.69) is 18.2 Å². The summed E-state index contributed by atoms with van der Waals surface area (Å²) in [5.74, 6) is 0. The Hall–Kier alpha value is -1.07. The molecule has 0 radical (unpaired) electrons. The van der Waals surface area contributed by atoms with E-state index in [1.807, 2.05) is 29.4 Å². The van der Waals surface area contributed by atoms with Crippen LogP contribution < -0.4 is 5.73 Å². The van der Waals surface area contributed by atoms with E-state index in [-0.39, 0.29) is 0 Å². The lowest BCUT2D eigenvalue weighted by molar-refractivity contribution is 0.456. The quantitative estimate of drug-likeness (QED) is 0.589. The van der Waals surface area contributed by atoms with E-state index in [0.29, 0.717) is 12.2 Å².